The average Bonchev–Trinajstić information content (AvgIpc) is 2.64. The van der Waals surface area contributed by atoms with E-state index >= 15 is 0 Å². The number of carbonyl (C=O) groups excluding carboxylic acids is 1. The molecule has 1 aromatic carbocycles. The number of aromatic nitrogens is 2. The Balaban J connectivity index is 2.36. The monoisotopic (exact) mass is 220 g/mol. The topological polar surface area (TPSA) is 34.9 Å². The maximum Gasteiger partial charge on any atom is 0.196 e. The lowest BCUT2D eigenvalue weighted by Crippen LogP contribution is -1.99. The van der Waals surface area contributed by atoms with Crippen LogP contribution in [0.3, 0.4) is 0 Å². The summed E-state index contributed by atoms with van der Waals surface area (Å²) in [5.74, 6) is -0.0643. The Labute approximate surface area is 92.3 Å². The molecular weight excluding hydrogens is 212 g/mol. The molecule has 0 aliphatic rings. The van der Waals surface area contributed by atoms with Crippen LogP contribution in [0.1, 0.15) is 15.9 Å². The standard InChI is InChI=1S/C11H9ClN2O/c1-14-7-9(6-13-14)11(15)8-3-2-4-10(12)5-8/h2-7H,1H3. The van der Waals surface area contributed by atoms with Gasteiger partial charge < -0.3 is 0 Å². The summed E-state index contributed by atoms with van der Waals surface area (Å²) in [6, 6.07) is 6.88. The van der Waals surface area contributed by atoms with Crippen LogP contribution in [0.15, 0.2) is 36.7 Å². The zero-order chi connectivity index (χ0) is 10.8. The van der Waals surface area contributed by atoms with Crippen LogP contribution in [0, 0.1) is 0 Å². The van der Waals surface area contributed by atoms with Gasteiger partial charge in [-0.05, 0) is 12.1 Å². The molecule has 2 aromatic rings. The summed E-state index contributed by atoms with van der Waals surface area (Å²) in [7, 11) is 1.77. The van der Waals surface area contributed by atoms with Crippen molar-refractivity contribution >= 4 is 17.4 Å². The number of benzene rings is 1. The van der Waals surface area contributed by atoms with Gasteiger partial charge in [-0.15, -0.1) is 0 Å². The molecule has 0 amide bonds. The summed E-state index contributed by atoms with van der Waals surface area (Å²) in [6.07, 6.45) is 3.23. The van der Waals surface area contributed by atoms with Crippen molar-refractivity contribution in [3.05, 3.63) is 52.8 Å². The van der Waals surface area contributed by atoms with Crippen molar-refractivity contribution in [3.63, 3.8) is 0 Å². The summed E-state index contributed by atoms with van der Waals surface area (Å²) < 4.78 is 1.60. The number of nitrogens with zero attached hydrogens (tertiary/aromatic N) is 2. The third-order valence-corrected chi connectivity index (χ3v) is 2.29. The van der Waals surface area contributed by atoms with Crippen molar-refractivity contribution in [2.24, 2.45) is 7.05 Å². The van der Waals surface area contributed by atoms with Crippen LogP contribution in [0.5, 0.6) is 0 Å². The van der Waals surface area contributed by atoms with Gasteiger partial charge in [0.25, 0.3) is 0 Å². The Morgan fingerprint density at radius 3 is 2.80 bits per heavy atom. The Morgan fingerprint density at radius 1 is 1.40 bits per heavy atom. The molecule has 76 valence electrons. The fourth-order valence-electron chi connectivity index (χ4n) is 1.33. The van der Waals surface area contributed by atoms with Crippen molar-refractivity contribution in [1.29, 1.82) is 0 Å². The lowest BCUT2D eigenvalue weighted by molar-refractivity contribution is 0.103. The van der Waals surface area contributed by atoms with Gasteiger partial charge in [-0.25, -0.2) is 0 Å². The van der Waals surface area contributed by atoms with E-state index in [-0.39, 0.29) is 5.78 Å². The molecule has 0 aliphatic heterocycles. The molecule has 0 atom stereocenters. The molecule has 4 heteroatoms. The van der Waals surface area contributed by atoms with Gasteiger partial charge in [-0.3, -0.25) is 9.48 Å². The molecule has 1 aromatic heterocycles. The highest BCUT2D eigenvalue weighted by Crippen LogP contribution is 2.14. The van der Waals surface area contributed by atoms with Crippen LogP contribution >= 0.6 is 11.6 Å². The molecule has 0 saturated carbocycles. The van der Waals surface area contributed by atoms with Crippen LogP contribution in [0.2, 0.25) is 5.02 Å². The van der Waals surface area contributed by atoms with Crippen LogP contribution in [-0.4, -0.2) is 15.6 Å². The molecule has 0 bridgehead atoms. The van der Waals surface area contributed by atoms with E-state index in [9.17, 15) is 4.79 Å². The first kappa shape index (κ1) is 9.93. The second-order valence-corrected chi connectivity index (χ2v) is 3.68. The molecule has 0 radical (unpaired) electrons. The minimum Gasteiger partial charge on any atom is -0.288 e. The highest BCUT2D eigenvalue weighted by Gasteiger charge is 2.10. The molecule has 15 heavy (non-hydrogen) atoms. The smallest absolute Gasteiger partial charge is 0.196 e. The quantitative estimate of drug-likeness (QED) is 0.728. The first-order valence-corrected chi connectivity index (χ1v) is 4.83. The summed E-state index contributed by atoms with van der Waals surface area (Å²) in [6.45, 7) is 0. The number of hydrogen-bond donors (Lipinski definition) is 0. The molecule has 3 nitrogen and oxygen atoms in total. The zero-order valence-corrected chi connectivity index (χ0v) is 8.90. The van der Waals surface area contributed by atoms with Crippen LogP contribution in [0.4, 0.5) is 0 Å². The minimum absolute atomic E-state index is 0.0643. The lowest BCUT2D eigenvalue weighted by atomic mass is 10.1. The number of aryl methyl sites for hydroxylation is 1. The van der Waals surface area contributed by atoms with E-state index in [1.54, 1.807) is 48.4 Å². The third kappa shape index (κ3) is 2.07. The van der Waals surface area contributed by atoms with Crippen LogP contribution in [0.25, 0.3) is 0 Å². The molecule has 0 spiro atoms. The largest absolute Gasteiger partial charge is 0.288 e. The van der Waals surface area contributed by atoms with Gasteiger partial charge in [0, 0.05) is 23.8 Å². The van der Waals surface area contributed by atoms with Gasteiger partial charge in [0.15, 0.2) is 5.78 Å². The Hall–Kier alpha value is -1.61. The van der Waals surface area contributed by atoms with Gasteiger partial charge in [0.05, 0.1) is 11.8 Å². The van der Waals surface area contributed by atoms with Gasteiger partial charge in [-0.1, -0.05) is 23.7 Å². The Bertz CT molecular complexity index is 505. The number of rotatable bonds is 2. The zero-order valence-electron chi connectivity index (χ0n) is 8.14. The maximum atomic E-state index is 11.9. The molecule has 0 N–H and O–H groups in total. The SMILES string of the molecule is Cn1cc(C(=O)c2cccc(Cl)c2)cn1. The average molecular weight is 221 g/mol. The molecule has 0 aliphatic carbocycles. The molecule has 0 saturated heterocycles. The Kier molecular flexibility index (Phi) is 2.56. The van der Waals surface area contributed by atoms with E-state index in [0.29, 0.717) is 16.1 Å². The first-order chi connectivity index (χ1) is 7.16. The maximum absolute atomic E-state index is 11.9. The molecule has 0 unspecified atom stereocenters. The van der Waals surface area contributed by atoms with Crippen LogP contribution < -0.4 is 0 Å². The molecule has 0 fully saturated rings. The summed E-state index contributed by atoms with van der Waals surface area (Å²) in [5.41, 5.74) is 1.15. The predicted octanol–water partition coefficient (Wildman–Crippen LogP) is 2.30. The molecule has 2 rings (SSSR count). The number of hydrogen-bond acceptors (Lipinski definition) is 2. The summed E-state index contributed by atoms with van der Waals surface area (Å²) in [4.78, 5) is 11.9. The van der Waals surface area contributed by atoms with E-state index in [2.05, 4.69) is 5.10 Å². The van der Waals surface area contributed by atoms with Gasteiger partial charge in [0.1, 0.15) is 0 Å². The highest BCUT2D eigenvalue weighted by atomic mass is 35.5. The highest BCUT2D eigenvalue weighted by molar-refractivity contribution is 6.31. The second kappa shape index (κ2) is 3.87. The van der Waals surface area contributed by atoms with E-state index in [1.165, 1.54) is 0 Å². The lowest BCUT2D eigenvalue weighted by Gasteiger charge is -1.97. The normalized spacial score (nSPS) is 10.3. The van der Waals surface area contributed by atoms with E-state index in [0.717, 1.165) is 0 Å². The minimum atomic E-state index is -0.0643. The van der Waals surface area contributed by atoms with E-state index in [1.807, 2.05) is 0 Å². The molecular formula is C11H9ClN2O. The Morgan fingerprint density at radius 2 is 2.20 bits per heavy atom. The van der Waals surface area contributed by atoms with Gasteiger partial charge in [-0.2, -0.15) is 5.10 Å². The number of halogens is 1. The fourth-order valence-corrected chi connectivity index (χ4v) is 1.53. The predicted molar refractivity (Wildman–Crippen MR) is 58.1 cm³/mol. The first-order valence-electron chi connectivity index (χ1n) is 4.46. The van der Waals surface area contributed by atoms with E-state index < -0.39 is 0 Å². The third-order valence-electron chi connectivity index (χ3n) is 2.05. The van der Waals surface area contributed by atoms with Crippen LogP contribution in [-0.2, 0) is 7.05 Å². The summed E-state index contributed by atoms with van der Waals surface area (Å²) >= 11 is 5.81. The van der Waals surface area contributed by atoms with Gasteiger partial charge in [0.2, 0.25) is 0 Å². The number of ketones is 1. The number of carbonyl (C=O) groups is 1. The van der Waals surface area contributed by atoms with Crippen molar-refractivity contribution in [2.45, 2.75) is 0 Å². The van der Waals surface area contributed by atoms with Crippen molar-refractivity contribution in [2.75, 3.05) is 0 Å². The fraction of sp³-hybridized carbons (Fsp3) is 0.0909. The van der Waals surface area contributed by atoms with Crippen molar-refractivity contribution < 1.29 is 4.79 Å². The van der Waals surface area contributed by atoms with E-state index in [4.69, 9.17) is 11.6 Å². The van der Waals surface area contributed by atoms with Crippen molar-refractivity contribution in [3.8, 4) is 0 Å². The summed E-state index contributed by atoms with van der Waals surface area (Å²) in [5, 5.41) is 4.51. The van der Waals surface area contributed by atoms with Crippen molar-refractivity contribution in [1.82, 2.24) is 9.78 Å². The molecule has 1 heterocycles. The van der Waals surface area contributed by atoms with Gasteiger partial charge >= 0.3 is 0 Å². The second-order valence-electron chi connectivity index (χ2n) is 3.24.